The van der Waals surface area contributed by atoms with E-state index in [0.717, 1.165) is 48.6 Å². The Kier molecular flexibility index (Phi) is 5.61. The summed E-state index contributed by atoms with van der Waals surface area (Å²) in [5, 5.41) is 4.06. The van der Waals surface area contributed by atoms with Gasteiger partial charge in [-0.25, -0.2) is 9.78 Å². The monoisotopic (exact) mass is 464 g/mol. The second-order valence-corrected chi connectivity index (χ2v) is 10.6. The summed E-state index contributed by atoms with van der Waals surface area (Å²) in [6.45, 7) is 5.36. The SMILES string of the molecule is CCOC(=O)c1c(COC(=O)C23CC4CC(CC(NC(C)=O)(C4)C2)C3)nc2ccccc2c1C. The highest BCUT2D eigenvalue weighted by Crippen LogP contribution is 2.62. The van der Waals surface area contributed by atoms with Gasteiger partial charge in [-0.1, -0.05) is 18.2 Å². The number of amides is 1. The van der Waals surface area contributed by atoms with Gasteiger partial charge in [-0.05, 0) is 75.8 Å². The second kappa shape index (κ2) is 8.36. The predicted octanol–water partition coefficient (Wildman–Crippen LogP) is 4.24. The number of esters is 2. The average molecular weight is 465 g/mol. The van der Waals surface area contributed by atoms with E-state index in [9.17, 15) is 14.4 Å². The van der Waals surface area contributed by atoms with Crippen LogP contribution in [0.2, 0.25) is 0 Å². The van der Waals surface area contributed by atoms with Crippen LogP contribution in [0.4, 0.5) is 0 Å². The van der Waals surface area contributed by atoms with E-state index in [1.54, 1.807) is 13.8 Å². The van der Waals surface area contributed by atoms with Crippen LogP contribution in [-0.4, -0.2) is 35.0 Å². The number of rotatable bonds is 6. The molecule has 1 heterocycles. The number of hydrogen-bond donors (Lipinski definition) is 1. The standard InChI is InChI=1S/C27H32N2O5/c1-4-33-24(31)23-16(2)20-7-5-6-8-21(20)28-22(23)14-34-25(32)26-10-18-9-19(11-26)13-27(12-18,15-26)29-17(3)30/h5-8,18-19H,4,9-15H2,1-3H3,(H,29,30). The van der Waals surface area contributed by atoms with Gasteiger partial charge in [-0.3, -0.25) is 9.59 Å². The molecule has 1 aromatic carbocycles. The summed E-state index contributed by atoms with van der Waals surface area (Å²) in [5.74, 6) is 0.122. The van der Waals surface area contributed by atoms with Gasteiger partial charge in [0.25, 0.3) is 0 Å². The van der Waals surface area contributed by atoms with Gasteiger partial charge in [0.15, 0.2) is 0 Å². The lowest BCUT2D eigenvalue weighted by atomic mass is 9.47. The molecule has 7 nitrogen and oxygen atoms in total. The Bertz CT molecular complexity index is 1160. The van der Waals surface area contributed by atoms with Gasteiger partial charge < -0.3 is 14.8 Å². The summed E-state index contributed by atoms with van der Waals surface area (Å²) in [4.78, 5) is 43.0. The Labute approximate surface area is 199 Å². The summed E-state index contributed by atoms with van der Waals surface area (Å²) < 4.78 is 11.2. The van der Waals surface area contributed by atoms with Crippen molar-refractivity contribution in [2.45, 2.75) is 71.4 Å². The second-order valence-electron chi connectivity index (χ2n) is 10.6. The molecule has 4 aliphatic carbocycles. The maximum absolute atomic E-state index is 13.6. The molecule has 1 N–H and O–H groups in total. The fraction of sp³-hybridized carbons (Fsp3) is 0.556. The van der Waals surface area contributed by atoms with Crippen molar-refractivity contribution in [3.63, 3.8) is 0 Å². The molecule has 7 heteroatoms. The predicted molar refractivity (Wildman–Crippen MR) is 126 cm³/mol. The zero-order valence-electron chi connectivity index (χ0n) is 20.1. The molecule has 0 spiro atoms. The van der Waals surface area contributed by atoms with Gasteiger partial charge in [0.05, 0.1) is 28.8 Å². The number of aryl methyl sites for hydroxylation is 1. The normalized spacial score (nSPS) is 29.1. The summed E-state index contributed by atoms with van der Waals surface area (Å²) in [5.41, 5.74) is 1.43. The highest BCUT2D eigenvalue weighted by atomic mass is 16.5. The van der Waals surface area contributed by atoms with Crippen molar-refractivity contribution in [1.29, 1.82) is 0 Å². The molecule has 180 valence electrons. The van der Waals surface area contributed by atoms with E-state index in [2.05, 4.69) is 10.3 Å². The van der Waals surface area contributed by atoms with Gasteiger partial charge >= 0.3 is 11.9 Å². The summed E-state index contributed by atoms with van der Waals surface area (Å²) >= 11 is 0. The molecule has 4 saturated carbocycles. The lowest BCUT2D eigenvalue weighted by Gasteiger charge is -2.60. The van der Waals surface area contributed by atoms with Crippen LogP contribution >= 0.6 is 0 Å². The highest BCUT2D eigenvalue weighted by molar-refractivity contribution is 5.98. The number of carbonyl (C=O) groups is 3. The maximum atomic E-state index is 13.6. The summed E-state index contributed by atoms with van der Waals surface area (Å²) in [7, 11) is 0. The van der Waals surface area contributed by atoms with E-state index >= 15 is 0 Å². The molecule has 2 unspecified atom stereocenters. The molecule has 4 aliphatic rings. The van der Waals surface area contributed by atoms with E-state index < -0.39 is 11.4 Å². The van der Waals surface area contributed by atoms with Crippen LogP contribution in [0.15, 0.2) is 24.3 Å². The Morgan fingerprint density at radius 2 is 1.79 bits per heavy atom. The first kappa shape index (κ1) is 22.8. The lowest BCUT2D eigenvalue weighted by Crippen LogP contribution is -2.64. The number of fused-ring (bicyclic) bond motifs is 1. The molecule has 34 heavy (non-hydrogen) atoms. The molecule has 2 aromatic rings. The number of carbonyl (C=O) groups excluding carboxylic acids is 3. The van der Waals surface area contributed by atoms with Crippen LogP contribution in [0.25, 0.3) is 10.9 Å². The molecule has 4 fully saturated rings. The number of ether oxygens (including phenoxy) is 2. The van der Waals surface area contributed by atoms with Gasteiger partial charge in [0.2, 0.25) is 5.91 Å². The molecule has 0 radical (unpaired) electrons. The molecular weight excluding hydrogens is 432 g/mol. The largest absolute Gasteiger partial charge is 0.462 e. The molecule has 6 rings (SSSR count). The Balaban J connectivity index is 1.42. The fourth-order valence-electron chi connectivity index (χ4n) is 7.33. The number of benzene rings is 1. The first-order valence-corrected chi connectivity index (χ1v) is 12.3. The van der Waals surface area contributed by atoms with Crippen LogP contribution in [0.5, 0.6) is 0 Å². The molecule has 0 saturated heterocycles. The minimum Gasteiger partial charge on any atom is -0.462 e. The highest BCUT2D eigenvalue weighted by Gasteiger charge is 2.61. The Hall–Kier alpha value is -2.96. The first-order valence-electron chi connectivity index (χ1n) is 12.3. The maximum Gasteiger partial charge on any atom is 0.340 e. The van der Waals surface area contributed by atoms with E-state index in [1.165, 1.54) is 0 Å². The lowest BCUT2D eigenvalue weighted by molar-refractivity contribution is -0.177. The quantitative estimate of drug-likeness (QED) is 0.643. The molecule has 2 atom stereocenters. The molecular formula is C27H32N2O5. The van der Waals surface area contributed by atoms with E-state index in [4.69, 9.17) is 9.47 Å². The van der Waals surface area contributed by atoms with Crippen molar-refractivity contribution in [2.24, 2.45) is 17.3 Å². The van der Waals surface area contributed by atoms with E-state index in [1.807, 2.05) is 31.2 Å². The van der Waals surface area contributed by atoms with Crippen LogP contribution in [0, 0.1) is 24.2 Å². The minimum atomic E-state index is -0.581. The zero-order valence-corrected chi connectivity index (χ0v) is 20.1. The number of hydrogen-bond acceptors (Lipinski definition) is 6. The number of nitrogens with one attached hydrogen (secondary N) is 1. The van der Waals surface area contributed by atoms with Gasteiger partial charge in [0.1, 0.15) is 6.61 Å². The number of aromatic nitrogens is 1. The smallest absolute Gasteiger partial charge is 0.340 e. The third kappa shape index (κ3) is 3.85. The van der Waals surface area contributed by atoms with Crippen LogP contribution in [-0.2, 0) is 25.7 Å². The van der Waals surface area contributed by atoms with Crippen molar-refractivity contribution in [3.05, 3.63) is 41.1 Å². The molecule has 1 amide bonds. The number of para-hydroxylation sites is 1. The third-order valence-electron chi connectivity index (χ3n) is 7.98. The average Bonchev–Trinajstić information content (AvgIpc) is 2.75. The van der Waals surface area contributed by atoms with Crippen LogP contribution in [0.3, 0.4) is 0 Å². The summed E-state index contributed by atoms with van der Waals surface area (Å²) in [6.07, 6.45) is 5.24. The van der Waals surface area contributed by atoms with Crippen LogP contribution in [0.1, 0.15) is 74.0 Å². The topological polar surface area (TPSA) is 94.6 Å². The van der Waals surface area contributed by atoms with Gasteiger partial charge in [-0.15, -0.1) is 0 Å². The van der Waals surface area contributed by atoms with Crippen molar-refractivity contribution in [3.8, 4) is 0 Å². The first-order chi connectivity index (χ1) is 16.2. The van der Waals surface area contributed by atoms with Crippen LogP contribution < -0.4 is 5.32 Å². The number of nitrogens with zero attached hydrogens (tertiary/aromatic N) is 1. The van der Waals surface area contributed by atoms with Crippen molar-refractivity contribution in [2.75, 3.05) is 6.61 Å². The Morgan fingerprint density at radius 1 is 1.09 bits per heavy atom. The molecule has 4 bridgehead atoms. The van der Waals surface area contributed by atoms with E-state index in [-0.39, 0.29) is 30.6 Å². The van der Waals surface area contributed by atoms with E-state index in [0.29, 0.717) is 29.5 Å². The Morgan fingerprint density at radius 3 is 2.47 bits per heavy atom. The molecule has 0 aliphatic heterocycles. The van der Waals surface area contributed by atoms with Crippen molar-refractivity contribution in [1.82, 2.24) is 10.3 Å². The van der Waals surface area contributed by atoms with Crippen molar-refractivity contribution < 1.29 is 23.9 Å². The van der Waals surface area contributed by atoms with Gasteiger partial charge in [-0.2, -0.15) is 0 Å². The third-order valence-corrected chi connectivity index (χ3v) is 7.98. The van der Waals surface area contributed by atoms with Crippen molar-refractivity contribution >= 4 is 28.7 Å². The fourth-order valence-corrected chi connectivity index (χ4v) is 7.33. The minimum absolute atomic E-state index is 0.0413. The summed E-state index contributed by atoms with van der Waals surface area (Å²) in [6, 6.07) is 7.61. The zero-order chi connectivity index (χ0) is 24.1. The van der Waals surface area contributed by atoms with Gasteiger partial charge in [0, 0.05) is 17.8 Å². The number of pyridine rings is 1. The molecule has 1 aromatic heterocycles.